The molecular weight excluding hydrogens is 404 g/mol. The molecule has 31 heavy (non-hydrogen) atoms. The number of ether oxygens (including phenoxy) is 1. The number of carbonyl (C=O) groups is 1. The lowest BCUT2D eigenvalue weighted by atomic mass is 9.40. The van der Waals surface area contributed by atoms with E-state index in [2.05, 4.69) is 0 Å². The van der Waals surface area contributed by atoms with Crippen LogP contribution in [0.5, 0.6) is 0 Å². The molecule has 8 nitrogen and oxygen atoms in total. The molecule has 1 aliphatic heterocycles. The Labute approximate surface area is 181 Å². The van der Waals surface area contributed by atoms with E-state index >= 15 is 0 Å². The van der Waals surface area contributed by atoms with Gasteiger partial charge >= 0.3 is 5.97 Å². The Kier molecular flexibility index (Phi) is 4.74. The zero-order valence-electron chi connectivity index (χ0n) is 17.9. The van der Waals surface area contributed by atoms with E-state index in [1.54, 1.807) is 0 Å². The normalized spacial score (nSPS) is 56.4. The molecule has 0 aromatic heterocycles. The third-order valence-electron chi connectivity index (χ3n) is 10.1. The molecule has 4 aliphatic carbocycles. The Morgan fingerprint density at radius 2 is 1.87 bits per heavy atom. The third-order valence-corrected chi connectivity index (χ3v) is 10.1. The van der Waals surface area contributed by atoms with Crippen molar-refractivity contribution in [3.8, 4) is 0 Å². The smallest absolute Gasteiger partial charge is 0.331 e. The number of cyclic esters (lactones) is 1. The van der Waals surface area contributed by atoms with Crippen molar-refractivity contribution in [3.05, 3.63) is 11.6 Å². The van der Waals surface area contributed by atoms with Gasteiger partial charge in [0.05, 0.1) is 41.5 Å². The van der Waals surface area contributed by atoms with Crippen molar-refractivity contribution in [2.24, 2.45) is 28.6 Å². The van der Waals surface area contributed by atoms with Crippen LogP contribution in [0.2, 0.25) is 0 Å². The standard InChI is InChI=1S/C23H34O8/c1-20-9-16(26)19-15(23(20,30)5-3-14(20)12-6-18(28)31-10-12)2-4-21(29)8-13(25)7-17(27)22(19,21)11-24/h6,13-17,19,24-27,29-30H,2-5,7-11H2,1H3/t13-,14+,15?,16+,17+,19?,20+,21-,22+,23-/m0/s1. The minimum Gasteiger partial charge on any atom is -0.458 e. The van der Waals surface area contributed by atoms with Crippen molar-refractivity contribution in [2.45, 2.75) is 81.4 Å². The molecule has 0 spiro atoms. The van der Waals surface area contributed by atoms with Gasteiger partial charge in [0, 0.05) is 30.3 Å². The van der Waals surface area contributed by atoms with Gasteiger partial charge < -0.3 is 35.4 Å². The fourth-order valence-electron chi connectivity index (χ4n) is 8.69. The lowest BCUT2D eigenvalue weighted by molar-refractivity contribution is -0.317. The van der Waals surface area contributed by atoms with Gasteiger partial charge in [-0.05, 0) is 49.5 Å². The van der Waals surface area contributed by atoms with Gasteiger partial charge in [-0.1, -0.05) is 6.92 Å². The summed E-state index contributed by atoms with van der Waals surface area (Å²) in [5, 5.41) is 67.0. The van der Waals surface area contributed by atoms with Gasteiger partial charge in [0.15, 0.2) is 0 Å². The second-order valence-electron chi connectivity index (χ2n) is 11.0. The SMILES string of the molecule is C[C@]12C[C@@H](O)C3C(CC[C@]4(O)C[C@@H](O)C[C@@H](O)[C@]34CO)[C@@]1(O)CC[C@@H]2C1=CC(=O)OC1. The van der Waals surface area contributed by atoms with Gasteiger partial charge in [-0.3, -0.25) is 0 Å². The van der Waals surface area contributed by atoms with E-state index in [0.717, 1.165) is 5.57 Å². The maximum Gasteiger partial charge on any atom is 0.331 e. The highest BCUT2D eigenvalue weighted by Crippen LogP contribution is 2.70. The maximum atomic E-state index is 12.1. The lowest BCUT2D eigenvalue weighted by Crippen LogP contribution is -2.75. The first-order valence-electron chi connectivity index (χ1n) is 11.5. The zero-order chi connectivity index (χ0) is 22.4. The summed E-state index contributed by atoms with van der Waals surface area (Å²) in [6, 6.07) is 0. The summed E-state index contributed by atoms with van der Waals surface area (Å²) in [5.41, 5.74) is -3.95. The summed E-state index contributed by atoms with van der Waals surface area (Å²) in [6.07, 6.45) is 0.531. The largest absolute Gasteiger partial charge is 0.458 e. The van der Waals surface area contributed by atoms with Crippen molar-refractivity contribution in [1.29, 1.82) is 0 Å². The van der Waals surface area contributed by atoms with E-state index in [9.17, 15) is 35.4 Å². The quantitative estimate of drug-likeness (QED) is 0.320. The van der Waals surface area contributed by atoms with E-state index in [-0.39, 0.29) is 44.2 Å². The van der Waals surface area contributed by atoms with Crippen molar-refractivity contribution in [2.75, 3.05) is 13.2 Å². The first-order chi connectivity index (χ1) is 14.5. The highest BCUT2D eigenvalue weighted by atomic mass is 16.5. The monoisotopic (exact) mass is 438 g/mol. The number of esters is 1. The van der Waals surface area contributed by atoms with Gasteiger partial charge in [-0.2, -0.15) is 0 Å². The first kappa shape index (κ1) is 21.8. The van der Waals surface area contributed by atoms with E-state index in [1.165, 1.54) is 6.08 Å². The van der Waals surface area contributed by atoms with Gasteiger partial charge in [-0.25, -0.2) is 4.79 Å². The molecule has 0 amide bonds. The number of fused-ring (bicyclic) bond motifs is 5. The van der Waals surface area contributed by atoms with Crippen molar-refractivity contribution < 1.29 is 40.2 Å². The molecule has 0 aromatic rings. The number of carbonyl (C=O) groups excluding carboxylic acids is 1. The number of rotatable bonds is 2. The zero-order valence-corrected chi connectivity index (χ0v) is 17.9. The van der Waals surface area contributed by atoms with E-state index in [1.807, 2.05) is 6.92 Å². The molecule has 6 N–H and O–H groups in total. The summed E-state index contributed by atoms with van der Waals surface area (Å²) in [4.78, 5) is 11.7. The van der Waals surface area contributed by atoms with Gasteiger partial charge in [0.2, 0.25) is 0 Å². The number of aliphatic hydroxyl groups is 6. The topological polar surface area (TPSA) is 148 Å². The van der Waals surface area contributed by atoms with E-state index in [4.69, 9.17) is 4.74 Å². The predicted molar refractivity (Wildman–Crippen MR) is 107 cm³/mol. The summed E-state index contributed by atoms with van der Waals surface area (Å²) in [7, 11) is 0. The van der Waals surface area contributed by atoms with Crippen LogP contribution in [0.4, 0.5) is 0 Å². The molecule has 4 saturated carbocycles. The second-order valence-corrected chi connectivity index (χ2v) is 11.0. The molecule has 5 aliphatic rings. The summed E-state index contributed by atoms with van der Waals surface area (Å²) < 4.78 is 5.11. The Balaban J connectivity index is 1.58. The molecule has 5 rings (SSSR count). The molecule has 1 heterocycles. The van der Waals surface area contributed by atoms with Crippen LogP contribution >= 0.6 is 0 Å². The highest BCUT2D eigenvalue weighted by molar-refractivity contribution is 5.85. The first-order valence-corrected chi connectivity index (χ1v) is 11.5. The second kappa shape index (κ2) is 6.74. The summed E-state index contributed by atoms with van der Waals surface area (Å²) >= 11 is 0. The summed E-state index contributed by atoms with van der Waals surface area (Å²) in [6.45, 7) is 1.64. The number of hydrogen-bond donors (Lipinski definition) is 6. The Hall–Kier alpha value is -1.03. The van der Waals surface area contributed by atoms with Crippen LogP contribution in [0.25, 0.3) is 0 Å². The van der Waals surface area contributed by atoms with Crippen LogP contribution in [0.15, 0.2) is 11.6 Å². The molecule has 2 unspecified atom stereocenters. The maximum absolute atomic E-state index is 12.1. The third kappa shape index (κ3) is 2.55. The molecule has 0 saturated heterocycles. The van der Waals surface area contributed by atoms with Crippen LogP contribution in [-0.4, -0.2) is 79.3 Å². The minimum absolute atomic E-state index is 0.0173. The Morgan fingerprint density at radius 1 is 1.13 bits per heavy atom. The minimum atomic E-state index is -1.52. The lowest BCUT2D eigenvalue weighted by Gasteiger charge is -2.68. The molecule has 10 atom stereocenters. The van der Waals surface area contributed by atoms with Crippen LogP contribution in [0.3, 0.4) is 0 Å². The number of aliphatic hydroxyl groups excluding tert-OH is 4. The Bertz CT molecular complexity index is 813. The molecule has 0 radical (unpaired) electrons. The van der Waals surface area contributed by atoms with Crippen molar-refractivity contribution in [3.63, 3.8) is 0 Å². The molecular formula is C23H34O8. The van der Waals surface area contributed by atoms with Crippen LogP contribution in [-0.2, 0) is 9.53 Å². The molecule has 174 valence electrons. The number of hydrogen-bond acceptors (Lipinski definition) is 8. The van der Waals surface area contributed by atoms with Crippen molar-refractivity contribution in [1.82, 2.24) is 0 Å². The average molecular weight is 439 g/mol. The van der Waals surface area contributed by atoms with Crippen LogP contribution in [0.1, 0.15) is 51.9 Å². The van der Waals surface area contributed by atoms with Gasteiger partial charge in [0.1, 0.15) is 6.61 Å². The average Bonchev–Trinajstić information content (AvgIpc) is 3.21. The predicted octanol–water partition coefficient (Wildman–Crippen LogP) is -0.367. The van der Waals surface area contributed by atoms with E-state index < -0.39 is 58.8 Å². The highest BCUT2D eigenvalue weighted by Gasteiger charge is 2.75. The van der Waals surface area contributed by atoms with E-state index in [0.29, 0.717) is 19.3 Å². The van der Waals surface area contributed by atoms with Crippen LogP contribution in [0, 0.1) is 28.6 Å². The van der Waals surface area contributed by atoms with Crippen molar-refractivity contribution >= 4 is 5.97 Å². The molecule has 0 aromatic carbocycles. The molecule has 4 fully saturated rings. The Morgan fingerprint density at radius 3 is 2.52 bits per heavy atom. The van der Waals surface area contributed by atoms with Gasteiger partial charge in [-0.15, -0.1) is 0 Å². The fourth-order valence-corrected chi connectivity index (χ4v) is 8.69. The van der Waals surface area contributed by atoms with Crippen LogP contribution < -0.4 is 0 Å². The summed E-state index contributed by atoms with van der Waals surface area (Å²) in [5.74, 6) is -1.62. The molecule has 0 bridgehead atoms. The fraction of sp³-hybridized carbons (Fsp3) is 0.870. The molecule has 8 heteroatoms. The van der Waals surface area contributed by atoms with Gasteiger partial charge in [0.25, 0.3) is 0 Å².